The van der Waals surface area contributed by atoms with Crippen molar-refractivity contribution in [2.45, 2.75) is 32.3 Å². The fraction of sp³-hybridized carbons (Fsp3) is 0.161. The molecule has 0 fully saturated rings. The number of rotatable bonds is 10. The lowest BCUT2D eigenvalue weighted by Gasteiger charge is -2.25. The van der Waals surface area contributed by atoms with Crippen LogP contribution in [-0.2, 0) is 21.4 Å². The van der Waals surface area contributed by atoms with Gasteiger partial charge in [-0.1, -0.05) is 53.6 Å². The second kappa shape index (κ2) is 12.8. The summed E-state index contributed by atoms with van der Waals surface area (Å²) in [7, 11) is -4.02. The summed E-state index contributed by atoms with van der Waals surface area (Å²) < 4.78 is 34.1. The highest BCUT2D eigenvalue weighted by atomic mass is 35.5. The monoisotopic (exact) mass is 575 g/mol. The quantitative estimate of drug-likeness (QED) is 0.180. The van der Waals surface area contributed by atoms with Gasteiger partial charge in [-0.3, -0.25) is 9.10 Å². The minimum Gasteiger partial charge on any atom is -0.489 e. The zero-order valence-corrected chi connectivity index (χ0v) is 24.0. The highest BCUT2D eigenvalue weighted by molar-refractivity contribution is 7.92. The summed E-state index contributed by atoms with van der Waals surface area (Å²) in [5.74, 6) is 0.0981. The minimum absolute atomic E-state index is 0.105. The van der Waals surface area contributed by atoms with Crippen molar-refractivity contribution < 1.29 is 17.9 Å². The third-order valence-corrected chi connectivity index (χ3v) is 8.12. The maximum absolute atomic E-state index is 13.6. The van der Waals surface area contributed by atoms with E-state index in [2.05, 4.69) is 10.5 Å². The zero-order chi connectivity index (χ0) is 28.7. The van der Waals surface area contributed by atoms with Crippen LogP contribution < -0.4 is 14.5 Å². The molecule has 0 aromatic heterocycles. The van der Waals surface area contributed by atoms with E-state index in [0.717, 1.165) is 32.1 Å². The molecule has 0 saturated carbocycles. The number of nitrogens with one attached hydrogen (secondary N) is 1. The Morgan fingerprint density at radius 2 is 1.62 bits per heavy atom. The first-order chi connectivity index (χ1) is 19.1. The Morgan fingerprint density at radius 3 is 2.33 bits per heavy atom. The van der Waals surface area contributed by atoms with Crippen molar-refractivity contribution in [3.63, 3.8) is 0 Å². The number of sulfonamides is 1. The van der Waals surface area contributed by atoms with E-state index < -0.39 is 22.5 Å². The summed E-state index contributed by atoms with van der Waals surface area (Å²) in [6.07, 6.45) is 1.48. The van der Waals surface area contributed by atoms with Crippen LogP contribution in [0.25, 0.3) is 0 Å². The average Bonchev–Trinajstić information content (AvgIpc) is 2.93. The molecule has 0 aliphatic heterocycles. The summed E-state index contributed by atoms with van der Waals surface area (Å²) in [6.45, 7) is 5.51. The van der Waals surface area contributed by atoms with Crippen molar-refractivity contribution >= 4 is 39.4 Å². The maximum atomic E-state index is 13.6. The number of anilines is 1. The van der Waals surface area contributed by atoms with Gasteiger partial charge in [0.2, 0.25) is 0 Å². The molecule has 0 spiro atoms. The lowest BCUT2D eigenvalue weighted by atomic mass is 10.1. The van der Waals surface area contributed by atoms with Crippen molar-refractivity contribution in [3.8, 4) is 5.75 Å². The lowest BCUT2D eigenvalue weighted by molar-refractivity contribution is -0.119. The van der Waals surface area contributed by atoms with E-state index in [9.17, 15) is 13.2 Å². The Hall–Kier alpha value is -4.14. The van der Waals surface area contributed by atoms with Crippen LogP contribution in [0.15, 0.2) is 101 Å². The molecule has 0 heterocycles. The minimum atomic E-state index is -4.02. The first-order valence-corrected chi connectivity index (χ1v) is 14.4. The zero-order valence-electron chi connectivity index (χ0n) is 22.5. The summed E-state index contributed by atoms with van der Waals surface area (Å²) >= 11 is 6.01. The van der Waals surface area contributed by atoms with Gasteiger partial charge in [0.05, 0.1) is 16.8 Å². The molecule has 7 nitrogen and oxygen atoms in total. The van der Waals surface area contributed by atoms with E-state index in [1.165, 1.54) is 6.21 Å². The van der Waals surface area contributed by atoms with Crippen molar-refractivity contribution in [1.29, 1.82) is 0 Å². The number of hydrazone groups is 1. The molecule has 40 heavy (non-hydrogen) atoms. The number of hydrogen-bond acceptors (Lipinski definition) is 5. The first kappa shape index (κ1) is 28.9. The summed E-state index contributed by atoms with van der Waals surface area (Å²) in [6, 6.07) is 26.7. The van der Waals surface area contributed by atoms with Crippen molar-refractivity contribution in [1.82, 2.24) is 5.43 Å². The molecule has 4 aromatic rings. The summed E-state index contributed by atoms with van der Waals surface area (Å²) in [4.78, 5) is 13.0. The van der Waals surface area contributed by atoms with Crippen LogP contribution in [-0.4, -0.2) is 27.1 Å². The topological polar surface area (TPSA) is 88.1 Å². The predicted octanol–water partition coefficient (Wildman–Crippen LogP) is 6.19. The van der Waals surface area contributed by atoms with Gasteiger partial charge >= 0.3 is 0 Å². The van der Waals surface area contributed by atoms with E-state index in [1.54, 1.807) is 54.6 Å². The molecule has 4 aromatic carbocycles. The highest BCUT2D eigenvalue weighted by Crippen LogP contribution is 2.28. The van der Waals surface area contributed by atoms with E-state index in [-0.39, 0.29) is 4.90 Å². The average molecular weight is 576 g/mol. The van der Waals surface area contributed by atoms with Crippen LogP contribution in [0.2, 0.25) is 5.02 Å². The van der Waals surface area contributed by atoms with Gasteiger partial charge in [0.25, 0.3) is 15.9 Å². The predicted molar refractivity (Wildman–Crippen MR) is 160 cm³/mol. The number of carbonyl (C=O) groups excluding carboxylic acids is 1. The van der Waals surface area contributed by atoms with Gasteiger partial charge in [-0.05, 0) is 97.6 Å². The van der Waals surface area contributed by atoms with Gasteiger partial charge in [0, 0.05) is 5.02 Å². The van der Waals surface area contributed by atoms with Gasteiger partial charge in [-0.15, -0.1) is 0 Å². The molecule has 206 valence electrons. The Bertz CT molecular complexity index is 1620. The van der Waals surface area contributed by atoms with Crippen molar-refractivity contribution in [2.75, 3.05) is 10.8 Å². The second-order valence-corrected chi connectivity index (χ2v) is 11.7. The molecule has 0 radical (unpaired) electrons. The summed E-state index contributed by atoms with van der Waals surface area (Å²) in [5.41, 5.74) is 7.12. The van der Waals surface area contributed by atoms with E-state index in [4.69, 9.17) is 16.3 Å². The van der Waals surface area contributed by atoms with Gasteiger partial charge < -0.3 is 4.74 Å². The van der Waals surface area contributed by atoms with Gasteiger partial charge in [-0.2, -0.15) is 5.10 Å². The molecule has 0 aliphatic carbocycles. The number of halogens is 1. The van der Waals surface area contributed by atoms with Gasteiger partial charge in [0.15, 0.2) is 0 Å². The Labute approximate surface area is 240 Å². The standard InChI is InChI=1S/C31H30ClN3O4S/c1-22-8-15-29(16-9-22)40(37,38)35(30-17-23(2)7-10-24(30)3)20-31(36)34-33-19-25-11-13-28(14-12-25)39-21-26-5-4-6-27(32)18-26/h4-19H,20-21H2,1-3H3,(H,34,36)/b33-19-. The first-order valence-electron chi connectivity index (χ1n) is 12.6. The van der Waals surface area contributed by atoms with E-state index in [1.807, 2.05) is 57.2 Å². The molecule has 0 saturated heterocycles. The molecular formula is C31H30ClN3O4S. The van der Waals surface area contributed by atoms with Crippen LogP contribution in [0.1, 0.15) is 27.8 Å². The molecule has 0 aliphatic rings. The molecule has 1 N–H and O–H groups in total. The third kappa shape index (κ3) is 7.49. The number of amides is 1. The maximum Gasteiger partial charge on any atom is 0.264 e. The fourth-order valence-corrected chi connectivity index (χ4v) is 5.60. The molecule has 4 rings (SSSR count). The van der Waals surface area contributed by atoms with E-state index >= 15 is 0 Å². The number of ether oxygens (including phenoxy) is 1. The molecule has 9 heteroatoms. The molecule has 1 amide bonds. The Kier molecular flexibility index (Phi) is 9.24. The third-order valence-electron chi connectivity index (χ3n) is 6.11. The smallest absolute Gasteiger partial charge is 0.264 e. The normalized spacial score (nSPS) is 11.4. The fourth-order valence-electron chi connectivity index (χ4n) is 3.91. The molecular weight excluding hydrogens is 546 g/mol. The van der Waals surface area contributed by atoms with Crippen molar-refractivity contribution in [2.24, 2.45) is 5.10 Å². The molecule has 0 unspecified atom stereocenters. The number of aryl methyl sites for hydroxylation is 3. The second-order valence-electron chi connectivity index (χ2n) is 9.40. The van der Waals surface area contributed by atoms with Gasteiger partial charge in [0.1, 0.15) is 18.9 Å². The van der Waals surface area contributed by atoms with Crippen LogP contribution in [0.3, 0.4) is 0 Å². The van der Waals surface area contributed by atoms with Crippen LogP contribution >= 0.6 is 11.6 Å². The Balaban J connectivity index is 1.43. The van der Waals surface area contributed by atoms with Crippen LogP contribution in [0.5, 0.6) is 5.75 Å². The van der Waals surface area contributed by atoms with Gasteiger partial charge in [-0.25, -0.2) is 13.8 Å². The number of hydrogen-bond donors (Lipinski definition) is 1. The van der Waals surface area contributed by atoms with Crippen LogP contribution in [0.4, 0.5) is 5.69 Å². The number of benzene rings is 4. The van der Waals surface area contributed by atoms with Crippen LogP contribution in [0, 0.1) is 20.8 Å². The highest BCUT2D eigenvalue weighted by Gasteiger charge is 2.28. The number of nitrogens with zero attached hydrogens (tertiary/aromatic N) is 2. The van der Waals surface area contributed by atoms with E-state index in [0.29, 0.717) is 23.1 Å². The number of carbonyl (C=O) groups is 1. The summed E-state index contributed by atoms with van der Waals surface area (Å²) in [5, 5.41) is 4.68. The lowest BCUT2D eigenvalue weighted by Crippen LogP contribution is -2.40. The Morgan fingerprint density at radius 1 is 0.925 bits per heavy atom. The SMILES string of the molecule is Cc1ccc(S(=O)(=O)N(CC(=O)N/N=C\c2ccc(OCc3cccc(Cl)c3)cc2)c2cc(C)ccc2C)cc1. The molecule has 0 bridgehead atoms. The van der Waals surface area contributed by atoms with Crippen molar-refractivity contribution in [3.05, 3.63) is 124 Å². The molecule has 0 atom stereocenters. The largest absolute Gasteiger partial charge is 0.489 e.